The molecule has 0 aromatic heterocycles. The quantitative estimate of drug-likeness (QED) is 0.750. The minimum absolute atomic E-state index is 0.343. The van der Waals surface area contributed by atoms with E-state index in [-0.39, 0.29) is 0 Å². The first-order valence-corrected chi connectivity index (χ1v) is 8.17. The summed E-state index contributed by atoms with van der Waals surface area (Å²) in [6, 6.07) is 5.94. The molecular formula is C17H25F3N2. The average Bonchev–Trinajstić information content (AvgIpc) is 2.51. The number of unbranched alkanes of at least 4 members (excludes halogenated alkanes) is 1. The number of hydrazine groups is 1. The summed E-state index contributed by atoms with van der Waals surface area (Å²) >= 11 is 0. The van der Waals surface area contributed by atoms with Crippen LogP contribution in [0.5, 0.6) is 0 Å². The van der Waals surface area contributed by atoms with Crippen LogP contribution in [-0.4, -0.2) is 29.7 Å². The van der Waals surface area contributed by atoms with Gasteiger partial charge >= 0.3 is 6.18 Å². The Hall–Kier alpha value is -1.07. The van der Waals surface area contributed by atoms with E-state index < -0.39 is 11.7 Å². The Morgan fingerprint density at radius 1 is 1.09 bits per heavy atom. The molecule has 1 aromatic carbocycles. The highest BCUT2D eigenvalue weighted by molar-refractivity contribution is 5.29. The van der Waals surface area contributed by atoms with E-state index in [0.29, 0.717) is 12.1 Å². The number of hydrogen-bond acceptors (Lipinski definition) is 2. The lowest BCUT2D eigenvalue weighted by Crippen LogP contribution is -2.45. The first-order valence-electron chi connectivity index (χ1n) is 8.17. The number of halogens is 3. The van der Waals surface area contributed by atoms with Gasteiger partial charge in [0.05, 0.1) is 5.56 Å². The minimum Gasteiger partial charge on any atom is -0.241 e. The van der Waals surface area contributed by atoms with Crippen molar-refractivity contribution in [2.75, 3.05) is 19.6 Å². The second kappa shape index (κ2) is 7.97. The van der Waals surface area contributed by atoms with E-state index >= 15 is 0 Å². The first kappa shape index (κ1) is 17.3. The molecule has 2 rings (SSSR count). The van der Waals surface area contributed by atoms with Gasteiger partial charge in [0.1, 0.15) is 0 Å². The minimum atomic E-state index is -4.28. The molecule has 124 valence electrons. The Kier molecular flexibility index (Phi) is 6.26. The Labute approximate surface area is 130 Å². The molecule has 1 aliphatic heterocycles. The maximum Gasteiger partial charge on any atom is 0.416 e. The average molecular weight is 314 g/mol. The van der Waals surface area contributed by atoms with Crippen LogP contribution in [0.1, 0.15) is 50.2 Å². The second-order valence-electron chi connectivity index (χ2n) is 5.91. The number of alkyl halides is 3. The van der Waals surface area contributed by atoms with Gasteiger partial charge in [-0.25, -0.2) is 10.0 Å². The van der Waals surface area contributed by atoms with Crippen molar-refractivity contribution < 1.29 is 13.2 Å². The van der Waals surface area contributed by atoms with Gasteiger partial charge in [-0.05, 0) is 30.9 Å². The Balaban J connectivity index is 2.15. The predicted octanol–water partition coefficient (Wildman–Crippen LogP) is 4.71. The standard InChI is InChI=1S/C17H25F3N2/c1-2-3-11-22(21-12-7-4-8-13-21)14-15-9-5-6-10-16(15)17(18,19)20/h5-6,9-10H,2-4,7-8,11-14H2,1H3. The third kappa shape index (κ3) is 4.71. The highest BCUT2D eigenvalue weighted by Gasteiger charge is 2.33. The van der Waals surface area contributed by atoms with Crippen LogP contribution in [0.3, 0.4) is 0 Å². The summed E-state index contributed by atoms with van der Waals surface area (Å²) in [6.45, 7) is 5.19. The zero-order chi connectivity index (χ0) is 16.0. The van der Waals surface area contributed by atoms with Crippen LogP contribution in [-0.2, 0) is 12.7 Å². The van der Waals surface area contributed by atoms with Crippen molar-refractivity contribution >= 4 is 0 Å². The second-order valence-corrected chi connectivity index (χ2v) is 5.91. The predicted molar refractivity (Wildman–Crippen MR) is 82.2 cm³/mol. The van der Waals surface area contributed by atoms with Crippen LogP contribution in [0.4, 0.5) is 13.2 Å². The summed E-state index contributed by atoms with van der Waals surface area (Å²) in [4.78, 5) is 0. The van der Waals surface area contributed by atoms with Gasteiger partial charge in [-0.3, -0.25) is 0 Å². The van der Waals surface area contributed by atoms with Crippen LogP contribution >= 0.6 is 0 Å². The monoisotopic (exact) mass is 314 g/mol. The highest BCUT2D eigenvalue weighted by Crippen LogP contribution is 2.32. The molecule has 1 aliphatic rings. The van der Waals surface area contributed by atoms with E-state index in [2.05, 4.69) is 16.9 Å². The lowest BCUT2D eigenvalue weighted by Gasteiger charge is -2.38. The van der Waals surface area contributed by atoms with Crippen molar-refractivity contribution in [1.82, 2.24) is 10.0 Å². The Bertz CT molecular complexity index is 453. The number of benzene rings is 1. The molecule has 5 heteroatoms. The van der Waals surface area contributed by atoms with Crippen molar-refractivity contribution in [1.29, 1.82) is 0 Å². The van der Waals surface area contributed by atoms with E-state index in [1.54, 1.807) is 12.1 Å². The van der Waals surface area contributed by atoms with E-state index in [1.165, 1.54) is 18.6 Å². The van der Waals surface area contributed by atoms with Gasteiger partial charge in [0, 0.05) is 26.2 Å². The molecule has 0 unspecified atom stereocenters. The van der Waals surface area contributed by atoms with E-state index in [0.717, 1.165) is 45.3 Å². The van der Waals surface area contributed by atoms with Gasteiger partial charge in [-0.15, -0.1) is 0 Å². The fourth-order valence-electron chi connectivity index (χ4n) is 2.95. The largest absolute Gasteiger partial charge is 0.416 e. The topological polar surface area (TPSA) is 6.48 Å². The van der Waals surface area contributed by atoms with Gasteiger partial charge in [0.2, 0.25) is 0 Å². The zero-order valence-electron chi connectivity index (χ0n) is 13.2. The summed E-state index contributed by atoms with van der Waals surface area (Å²) in [7, 11) is 0. The first-order chi connectivity index (χ1) is 10.5. The lowest BCUT2D eigenvalue weighted by atomic mass is 10.1. The summed E-state index contributed by atoms with van der Waals surface area (Å²) in [6.07, 6.45) is 1.25. The van der Waals surface area contributed by atoms with Crippen LogP contribution in [0, 0.1) is 0 Å². The molecule has 0 amide bonds. The maximum atomic E-state index is 13.2. The van der Waals surface area contributed by atoms with E-state index in [9.17, 15) is 13.2 Å². The van der Waals surface area contributed by atoms with Gasteiger partial charge in [0.15, 0.2) is 0 Å². The molecule has 1 heterocycles. The van der Waals surface area contributed by atoms with E-state index in [4.69, 9.17) is 0 Å². The Morgan fingerprint density at radius 2 is 1.77 bits per heavy atom. The molecule has 0 bridgehead atoms. The van der Waals surface area contributed by atoms with Gasteiger partial charge in [-0.1, -0.05) is 38.0 Å². The summed E-state index contributed by atoms with van der Waals surface area (Å²) < 4.78 is 39.5. The molecule has 0 spiro atoms. The third-order valence-corrected chi connectivity index (χ3v) is 4.18. The van der Waals surface area contributed by atoms with Crippen LogP contribution in [0.2, 0.25) is 0 Å². The molecular weight excluding hydrogens is 289 g/mol. The number of hydrogen-bond donors (Lipinski definition) is 0. The third-order valence-electron chi connectivity index (χ3n) is 4.18. The van der Waals surface area contributed by atoms with Crippen LogP contribution < -0.4 is 0 Å². The van der Waals surface area contributed by atoms with Crippen molar-refractivity contribution in [3.8, 4) is 0 Å². The molecule has 0 N–H and O–H groups in total. The molecule has 22 heavy (non-hydrogen) atoms. The van der Waals surface area contributed by atoms with Gasteiger partial charge in [0.25, 0.3) is 0 Å². The van der Waals surface area contributed by atoms with Crippen LogP contribution in [0.25, 0.3) is 0 Å². The van der Waals surface area contributed by atoms with Crippen molar-refractivity contribution in [3.05, 3.63) is 35.4 Å². The molecule has 0 saturated carbocycles. The molecule has 1 fully saturated rings. The summed E-state index contributed by atoms with van der Waals surface area (Å²) in [5, 5.41) is 4.36. The molecule has 0 atom stereocenters. The SMILES string of the molecule is CCCCN(Cc1ccccc1C(F)(F)F)N1CCCCC1. The van der Waals surface area contributed by atoms with Crippen molar-refractivity contribution in [2.24, 2.45) is 0 Å². The van der Waals surface area contributed by atoms with Crippen molar-refractivity contribution in [2.45, 2.75) is 51.7 Å². The fraction of sp³-hybridized carbons (Fsp3) is 0.647. The van der Waals surface area contributed by atoms with E-state index in [1.807, 2.05) is 0 Å². The molecule has 1 saturated heterocycles. The molecule has 1 aromatic rings. The summed E-state index contributed by atoms with van der Waals surface area (Å²) in [5.41, 5.74) is -0.134. The Morgan fingerprint density at radius 3 is 2.41 bits per heavy atom. The van der Waals surface area contributed by atoms with Crippen molar-refractivity contribution in [3.63, 3.8) is 0 Å². The van der Waals surface area contributed by atoms with Gasteiger partial charge in [-0.2, -0.15) is 13.2 Å². The molecule has 2 nitrogen and oxygen atoms in total. The lowest BCUT2D eigenvalue weighted by molar-refractivity contribution is -0.139. The number of rotatable bonds is 6. The number of nitrogens with zero attached hydrogens (tertiary/aromatic N) is 2. The van der Waals surface area contributed by atoms with Gasteiger partial charge < -0.3 is 0 Å². The fourth-order valence-corrected chi connectivity index (χ4v) is 2.95. The number of piperidine rings is 1. The smallest absolute Gasteiger partial charge is 0.241 e. The molecule has 0 radical (unpaired) electrons. The van der Waals surface area contributed by atoms with Crippen LogP contribution in [0.15, 0.2) is 24.3 Å². The normalized spacial score (nSPS) is 17.1. The summed E-state index contributed by atoms with van der Waals surface area (Å²) in [5.74, 6) is 0. The zero-order valence-corrected chi connectivity index (χ0v) is 13.2. The molecule has 0 aliphatic carbocycles. The maximum absolute atomic E-state index is 13.2. The highest BCUT2D eigenvalue weighted by atomic mass is 19.4.